The van der Waals surface area contributed by atoms with Gasteiger partial charge in [-0.15, -0.1) is 0 Å². The number of benzene rings is 1. The smallest absolute Gasteiger partial charge is 0.340 e. The third kappa shape index (κ3) is 3.34. The summed E-state index contributed by atoms with van der Waals surface area (Å²) >= 11 is -2.28. The zero-order valence-electron chi connectivity index (χ0n) is 9.49. The highest BCUT2D eigenvalue weighted by Crippen LogP contribution is 2.19. The average Bonchev–Trinajstić information content (AvgIpc) is 2.29. The highest BCUT2D eigenvalue weighted by molar-refractivity contribution is 7.78. The first-order valence-corrected chi connectivity index (χ1v) is 6.19. The van der Waals surface area contributed by atoms with Crippen molar-refractivity contribution in [3.63, 3.8) is 0 Å². The molecule has 4 nitrogen and oxygen atoms in total. The van der Waals surface area contributed by atoms with E-state index in [-0.39, 0.29) is 11.3 Å². The van der Waals surface area contributed by atoms with E-state index in [0.29, 0.717) is 17.5 Å². The van der Waals surface area contributed by atoms with Crippen LogP contribution in [0, 0.1) is 5.82 Å². The van der Waals surface area contributed by atoms with Crippen LogP contribution in [0.1, 0.15) is 28.4 Å². The standard InChI is InChI=1S/C11H13FO4S/c1-3-7-5-10(12)9(11(13)16-2)4-8(7)6-17(14)15/h4-5H,3,6H2,1-2H3,(H,14,15)/p-1. The van der Waals surface area contributed by atoms with Crippen molar-refractivity contribution in [3.05, 3.63) is 34.6 Å². The second kappa shape index (κ2) is 5.88. The van der Waals surface area contributed by atoms with E-state index in [0.717, 1.165) is 7.11 Å². The van der Waals surface area contributed by atoms with E-state index in [1.54, 1.807) is 6.92 Å². The summed E-state index contributed by atoms with van der Waals surface area (Å²) in [7, 11) is 1.14. The van der Waals surface area contributed by atoms with E-state index in [2.05, 4.69) is 4.74 Å². The Hall–Kier alpha value is -1.27. The molecule has 0 amide bonds. The quantitative estimate of drug-likeness (QED) is 0.608. The fraction of sp³-hybridized carbons (Fsp3) is 0.364. The molecule has 1 rings (SSSR count). The number of ether oxygens (including phenoxy) is 1. The summed E-state index contributed by atoms with van der Waals surface area (Å²) in [5.74, 6) is -1.76. The average molecular weight is 259 g/mol. The fourth-order valence-corrected chi connectivity index (χ4v) is 2.04. The molecule has 1 unspecified atom stereocenters. The first-order valence-electron chi connectivity index (χ1n) is 4.95. The number of aryl methyl sites for hydroxylation is 1. The van der Waals surface area contributed by atoms with Gasteiger partial charge in [-0.1, -0.05) is 18.0 Å². The highest BCUT2D eigenvalue weighted by atomic mass is 32.2. The van der Waals surface area contributed by atoms with Gasteiger partial charge in [-0.25, -0.2) is 9.18 Å². The molecule has 0 heterocycles. The number of hydrogen-bond donors (Lipinski definition) is 0. The first kappa shape index (κ1) is 13.8. The number of methoxy groups -OCH3 is 1. The summed E-state index contributed by atoms with van der Waals surface area (Å²) < 4.78 is 39.3. The molecule has 17 heavy (non-hydrogen) atoms. The molecule has 0 N–H and O–H groups in total. The van der Waals surface area contributed by atoms with Crippen LogP contribution >= 0.6 is 0 Å². The zero-order chi connectivity index (χ0) is 13.0. The van der Waals surface area contributed by atoms with Crippen LogP contribution in [0.25, 0.3) is 0 Å². The Bertz CT molecular complexity index is 459. The van der Waals surface area contributed by atoms with Crippen molar-refractivity contribution in [3.8, 4) is 0 Å². The lowest BCUT2D eigenvalue weighted by Crippen LogP contribution is -2.08. The molecule has 0 aliphatic carbocycles. The van der Waals surface area contributed by atoms with Crippen LogP contribution in [0.15, 0.2) is 12.1 Å². The molecule has 0 saturated carbocycles. The molecule has 0 aliphatic rings. The highest BCUT2D eigenvalue weighted by Gasteiger charge is 2.15. The zero-order valence-corrected chi connectivity index (χ0v) is 10.3. The van der Waals surface area contributed by atoms with Crippen LogP contribution in [0.4, 0.5) is 4.39 Å². The van der Waals surface area contributed by atoms with Crippen LogP contribution in [0.2, 0.25) is 0 Å². The number of esters is 1. The van der Waals surface area contributed by atoms with Gasteiger partial charge in [0.25, 0.3) is 0 Å². The van der Waals surface area contributed by atoms with Gasteiger partial charge in [-0.3, -0.25) is 4.21 Å². The lowest BCUT2D eigenvalue weighted by atomic mass is 10.0. The molecule has 6 heteroatoms. The van der Waals surface area contributed by atoms with Crippen molar-refractivity contribution in [2.45, 2.75) is 19.1 Å². The molecule has 0 saturated heterocycles. The second-order valence-corrected chi connectivity index (χ2v) is 4.29. The summed E-state index contributed by atoms with van der Waals surface area (Å²) in [5.41, 5.74) is 0.743. The minimum Gasteiger partial charge on any atom is -0.772 e. The number of rotatable bonds is 4. The predicted molar refractivity (Wildman–Crippen MR) is 59.7 cm³/mol. The van der Waals surface area contributed by atoms with E-state index in [4.69, 9.17) is 0 Å². The summed E-state index contributed by atoms with van der Waals surface area (Å²) in [6.45, 7) is 1.78. The predicted octanol–water partition coefficient (Wildman–Crippen LogP) is 1.55. The molecular weight excluding hydrogens is 247 g/mol. The number of hydrogen-bond acceptors (Lipinski definition) is 4. The molecule has 0 bridgehead atoms. The Morgan fingerprint density at radius 2 is 2.12 bits per heavy atom. The molecule has 0 aromatic heterocycles. The van der Waals surface area contributed by atoms with Gasteiger partial charge in [0.2, 0.25) is 0 Å². The van der Waals surface area contributed by atoms with Crippen molar-refractivity contribution < 1.29 is 22.7 Å². The molecule has 0 fully saturated rings. The maximum atomic E-state index is 13.5. The first-order chi connectivity index (χ1) is 7.99. The monoisotopic (exact) mass is 259 g/mol. The van der Waals surface area contributed by atoms with Gasteiger partial charge >= 0.3 is 5.97 Å². The van der Waals surface area contributed by atoms with E-state index in [1.165, 1.54) is 12.1 Å². The van der Waals surface area contributed by atoms with E-state index >= 15 is 0 Å². The maximum absolute atomic E-state index is 13.5. The van der Waals surface area contributed by atoms with Crippen molar-refractivity contribution in [1.82, 2.24) is 0 Å². The Balaban J connectivity index is 3.26. The van der Waals surface area contributed by atoms with Crippen molar-refractivity contribution in [2.24, 2.45) is 0 Å². The molecule has 94 valence electrons. The van der Waals surface area contributed by atoms with E-state index < -0.39 is 22.9 Å². The Morgan fingerprint density at radius 1 is 1.47 bits per heavy atom. The van der Waals surface area contributed by atoms with Crippen LogP contribution < -0.4 is 0 Å². The van der Waals surface area contributed by atoms with Crippen LogP contribution in [-0.2, 0) is 28.0 Å². The Kier molecular flexibility index (Phi) is 4.77. The van der Waals surface area contributed by atoms with Gasteiger partial charge in [-0.05, 0) is 29.7 Å². The summed E-state index contributed by atoms with van der Waals surface area (Å²) in [6.07, 6.45) is 0.491. The minimum absolute atomic E-state index is 0.243. The van der Waals surface area contributed by atoms with Crippen molar-refractivity contribution in [1.29, 1.82) is 0 Å². The van der Waals surface area contributed by atoms with Crippen molar-refractivity contribution in [2.75, 3.05) is 7.11 Å². The topological polar surface area (TPSA) is 66.4 Å². The molecule has 1 aromatic rings. The third-order valence-corrected chi connectivity index (χ3v) is 2.90. The summed E-state index contributed by atoms with van der Waals surface area (Å²) in [5, 5.41) is 0. The summed E-state index contributed by atoms with van der Waals surface area (Å²) in [4.78, 5) is 11.3. The molecule has 0 spiro atoms. The molecule has 1 atom stereocenters. The lowest BCUT2D eigenvalue weighted by Gasteiger charge is -2.12. The van der Waals surface area contributed by atoms with Crippen molar-refractivity contribution >= 4 is 17.0 Å². The van der Waals surface area contributed by atoms with E-state index in [9.17, 15) is 17.9 Å². The number of carbonyl (C=O) groups is 1. The second-order valence-electron chi connectivity index (χ2n) is 3.39. The van der Waals surface area contributed by atoms with Gasteiger partial charge in [0, 0.05) is 5.75 Å². The lowest BCUT2D eigenvalue weighted by molar-refractivity contribution is 0.0595. The SMILES string of the molecule is CCc1cc(F)c(C(=O)OC)cc1CS(=O)[O-]. The Labute approximate surface area is 101 Å². The number of halogens is 1. The molecular formula is C11H12FO4S-. The largest absolute Gasteiger partial charge is 0.772 e. The van der Waals surface area contributed by atoms with Gasteiger partial charge in [0.1, 0.15) is 5.82 Å². The van der Waals surface area contributed by atoms with Gasteiger partial charge in [-0.2, -0.15) is 0 Å². The van der Waals surface area contributed by atoms with Gasteiger partial charge in [0.05, 0.1) is 12.7 Å². The number of carbonyl (C=O) groups excluding carboxylic acids is 1. The normalized spacial score (nSPS) is 12.2. The van der Waals surface area contributed by atoms with Crippen LogP contribution in [-0.4, -0.2) is 21.8 Å². The molecule has 0 aliphatic heterocycles. The summed E-state index contributed by atoms with van der Waals surface area (Å²) in [6, 6.07) is 2.41. The van der Waals surface area contributed by atoms with Gasteiger partial charge in [0.15, 0.2) is 0 Å². The molecule has 0 radical (unpaired) electrons. The van der Waals surface area contributed by atoms with E-state index in [1.807, 2.05) is 0 Å². The Morgan fingerprint density at radius 3 is 2.59 bits per heavy atom. The van der Waals surface area contributed by atoms with Crippen LogP contribution in [0.5, 0.6) is 0 Å². The molecule has 1 aromatic carbocycles. The third-order valence-electron chi connectivity index (χ3n) is 2.35. The van der Waals surface area contributed by atoms with Crippen LogP contribution in [0.3, 0.4) is 0 Å². The van der Waals surface area contributed by atoms with Gasteiger partial charge < -0.3 is 9.29 Å². The minimum atomic E-state index is -2.28. The fourth-order valence-electron chi connectivity index (χ4n) is 1.52. The maximum Gasteiger partial charge on any atom is 0.340 e.